The van der Waals surface area contributed by atoms with E-state index in [0.717, 1.165) is 56.8 Å². The van der Waals surface area contributed by atoms with Gasteiger partial charge in [-0.15, -0.1) is 0 Å². The third-order valence-electron chi connectivity index (χ3n) is 5.42. The highest BCUT2D eigenvalue weighted by atomic mass is 16.1. The molecule has 4 rings (SSSR count). The zero-order valence-corrected chi connectivity index (χ0v) is 16.8. The lowest BCUT2D eigenvalue weighted by atomic mass is 9.92. The standard InChI is InChI=1S/C25H24N2O/c1-5-27-17(3)22-23(19-12-8-6-9-13-19)21(18(4)28)16(2)26-24(22)25(27)20-14-10-7-11-15-20/h6-15H,5H2,1-4H3. The number of carbonyl (C=O) groups excluding carboxylic acids is 1. The van der Waals surface area contributed by atoms with Crippen LogP contribution in [0.25, 0.3) is 33.3 Å². The third-order valence-corrected chi connectivity index (χ3v) is 5.42. The van der Waals surface area contributed by atoms with Crippen molar-refractivity contribution in [3.8, 4) is 22.4 Å². The van der Waals surface area contributed by atoms with Crippen molar-refractivity contribution >= 4 is 16.7 Å². The number of pyridine rings is 1. The minimum absolute atomic E-state index is 0.0515. The van der Waals surface area contributed by atoms with Gasteiger partial charge in [0.15, 0.2) is 5.78 Å². The SMILES string of the molecule is CCn1c(-c2ccccc2)c2nc(C)c(C(C)=O)c(-c3ccccc3)c2c1C. The Morgan fingerprint density at radius 2 is 1.50 bits per heavy atom. The van der Waals surface area contributed by atoms with Gasteiger partial charge in [0.1, 0.15) is 0 Å². The molecule has 2 aromatic carbocycles. The Kier molecular flexibility index (Phi) is 4.60. The Balaban J connectivity index is 2.23. The predicted octanol–water partition coefficient (Wildman–Crippen LogP) is 6.21. The van der Waals surface area contributed by atoms with Crippen molar-refractivity contribution in [3.63, 3.8) is 0 Å². The molecule has 28 heavy (non-hydrogen) atoms. The largest absolute Gasteiger partial charge is 0.343 e. The van der Waals surface area contributed by atoms with E-state index in [0.29, 0.717) is 0 Å². The molecule has 0 saturated heterocycles. The van der Waals surface area contributed by atoms with Crippen LogP contribution in [-0.4, -0.2) is 15.3 Å². The molecule has 3 nitrogen and oxygen atoms in total. The summed E-state index contributed by atoms with van der Waals surface area (Å²) in [7, 11) is 0. The van der Waals surface area contributed by atoms with E-state index in [4.69, 9.17) is 4.98 Å². The van der Waals surface area contributed by atoms with Gasteiger partial charge in [-0.2, -0.15) is 0 Å². The summed E-state index contributed by atoms with van der Waals surface area (Å²) in [6.45, 7) is 8.70. The zero-order valence-electron chi connectivity index (χ0n) is 16.8. The molecule has 2 aromatic heterocycles. The lowest BCUT2D eigenvalue weighted by Crippen LogP contribution is -2.03. The maximum Gasteiger partial charge on any atom is 0.162 e. The van der Waals surface area contributed by atoms with Crippen molar-refractivity contribution in [3.05, 3.63) is 77.6 Å². The van der Waals surface area contributed by atoms with E-state index in [1.165, 1.54) is 0 Å². The highest BCUT2D eigenvalue weighted by molar-refractivity contribution is 6.13. The number of fused-ring (bicyclic) bond motifs is 1. The molecule has 0 aliphatic heterocycles. The maximum atomic E-state index is 12.6. The Morgan fingerprint density at radius 1 is 0.929 bits per heavy atom. The van der Waals surface area contributed by atoms with Crippen molar-refractivity contribution < 1.29 is 4.79 Å². The van der Waals surface area contributed by atoms with Crippen LogP contribution in [0.4, 0.5) is 0 Å². The second-order valence-electron chi connectivity index (χ2n) is 7.14. The average molecular weight is 368 g/mol. The first-order valence-electron chi connectivity index (χ1n) is 9.69. The van der Waals surface area contributed by atoms with Crippen molar-refractivity contribution in [1.29, 1.82) is 0 Å². The fourth-order valence-corrected chi connectivity index (χ4v) is 4.27. The predicted molar refractivity (Wildman–Crippen MR) is 116 cm³/mol. The van der Waals surface area contributed by atoms with Crippen LogP contribution in [-0.2, 0) is 6.54 Å². The van der Waals surface area contributed by atoms with Crippen LogP contribution >= 0.6 is 0 Å². The molecule has 0 fully saturated rings. The molecular weight excluding hydrogens is 344 g/mol. The molecule has 0 bridgehead atoms. The van der Waals surface area contributed by atoms with E-state index < -0.39 is 0 Å². The summed E-state index contributed by atoms with van der Waals surface area (Å²) in [6.07, 6.45) is 0. The summed E-state index contributed by atoms with van der Waals surface area (Å²) < 4.78 is 2.31. The molecule has 3 heteroatoms. The number of aromatic nitrogens is 2. The van der Waals surface area contributed by atoms with Gasteiger partial charge < -0.3 is 4.57 Å². The molecule has 0 radical (unpaired) electrons. The number of ketones is 1. The van der Waals surface area contributed by atoms with Crippen LogP contribution in [0, 0.1) is 13.8 Å². The number of rotatable bonds is 4. The quantitative estimate of drug-likeness (QED) is 0.401. The number of hydrogen-bond acceptors (Lipinski definition) is 2. The fourth-order valence-electron chi connectivity index (χ4n) is 4.27. The lowest BCUT2D eigenvalue weighted by Gasteiger charge is -2.13. The van der Waals surface area contributed by atoms with Crippen molar-refractivity contribution in [2.75, 3.05) is 0 Å². The molecule has 2 heterocycles. The summed E-state index contributed by atoms with van der Waals surface area (Å²) in [5.41, 5.74) is 7.92. The van der Waals surface area contributed by atoms with Gasteiger partial charge in [0.2, 0.25) is 0 Å². The maximum absolute atomic E-state index is 12.6. The van der Waals surface area contributed by atoms with E-state index in [1.807, 2.05) is 31.2 Å². The molecule has 140 valence electrons. The second kappa shape index (κ2) is 7.08. The highest BCUT2D eigenvalue weighted by Crippen LogP contribution is 2.41. The first kappa shape index (κ1) is 18.2. The zero-order chi connectivity index (χ0) is 19.8. The highest BCUT2D eigenvalue weighted by Gasteiger charge is 2.24. The Bertz CT molecular complexity index is 1170. The molecule has 0 atom stereocenters. The summed E-state index contributed by atoms with van der Waals surface area (Å²) in [5, 5.41) is 1.07. The Morgan fingerprint density at radius 3 is 2.04 bits per heavy atom. The number of aryl methyl sites for hydroxylation is 2. The molecule has 0 saturated carbocycles. The van der Waals surface area contributed by atoms with Crippen molar-refractivity contribution in [1.82, 2.24) is 9.55 Å². The fraction of sp³-hybridized carbons (Fsp3) is 0.200. The Hall–Kier alpha value is -3.20. The molecule has 0 aliphatic carbocycles. The van der Waals surface area contributed by atoms with Crippen LogP contribution in [0.3, 0.4) is 0 Å². The molecule has 0 spiro atoms. The van der Waals surface area contributed by atoms with Gasteiger partial charge in [-0.3, -0.25) is 9.78 Å². The van der Waals surface area contributed by atoms with E-state index in [1.54, 1.807) is 6.92 Å². The molecule has 0 unspecified atom stereocenters. The van der Waals surface area contributed by atoms with Gasteiger partial charge in [-0.1, -0.05) is 60.7 Å². The van der Waals surface area contributed by atoms with Gasteiger partial charge in [0, 0.05) is 40.0 Å². The molecular formula is C25H24N2O. The van der Waals surface area contributed by atoms with Gasteiger partial charge in [0.05, 0.1) is 11.2 Å². The number of benzene rings is 2. The van der Waals surface area contributed by atoms with E-state index in [9.17, 15) is 4.79 Å². The molecule has 4 aromatic rings. The smallest absolute Gasteiger partial charge is 0.162 e. The van der Waals surface area contributed by atoms with Crippen LogP contribution in [0.1, 0.15) is 35.6 Å². The lowest BCUT2D eigenvalue weighted by molar-refractivity contribution is 0.101. The molecule has 0 amide bonds. The van der Waals surface area contributed by atoms with E-state index in [2.05, 4.69) is 54.8 Å². The van der Waals surface area contributed by atoms with E-state index >= 15 is 0 Å². The average Bonchev–Trinajstić information content (AvgIpc) is 2.99. The summed E-state index contributed by atoms with van der Waals surface area (Å²) in [6, 6.07) is 20.6. The summed E-state index contributed by atoms with van der Waals surface area (Å²) >= 11 is 0. The van der Waals surface area contributed by atoms with E-state index in [-0.39, 0.29) is 5.78 Å². The number of Topliss-reactive ketones (excluding diaryl/α,β-unsaturated/α-hetero) is 1. The Labute approximate surface area is 165 Å². The first-order chi connectivity index (χ1) is 13.5. The van der Waals surface area contributed by atoms with Gasteiger partial charge >= 0.3 is 0 Å². The van der Waals surface area contributed by atoms with Gasteiger partial charge in [-0.05, 0) is 33.3 Å². The van der Waals surface area contributed by atoms with Crippen LogP contribution in [0.2, 0.25) is 0 Å². The van der Waals surface area contributed by atoms with Gasteiger partial charge in [0.25, 0.3) is 0 Å². The normalized spacial score (nSPS) is 11.1. The topological polar surface area (TPSA) is 34.9 Å². The molecule has 0 N–H and O–H groups in total. The first-order valence-corrected chi connectivity index (χ1v) is 9.69. The van der Waals surface area contributed by atoms with Crippen LogP contribution in [0.15, 0.2) is 60.7 Å². The monoisotopic (exact) mass is 368 g/mol. The second-order valence-corrected chi connectivity index (χ2v) is 7.14. The summed E-state index contributed by atoms with van der Waals surface area (Å²) in [5.74, 6) is 0.0515. The van der Waals surface area contributed by atoms with Crippen LogP contribution < -0.4 is 0 Å². The van der Waals surface area contributed by atoms with Gasteiger partial charge in [-0.25, -0.2) is 0 Å². The molecule has 0 aliphatic rings. The number of nitrogens with zero attached hydrogens (tertiary/aromatic N) is 2. The summed E-state index contributed by atoms with van der Waals surface area (Å²) in [4.78, 5) is 17.5. The van der Waals surface area contributed by atoms with Crippen LogP contribution in [0.5, 0.6) is 0 Å². The number of hydrogen-bond donors (Lipinski definition) is 0. The third kappa shape index (κ3) is 2.75. The van der Waals surface area contributed by atoms with Crippen molar-refractivity contribution in [2.24, 2.45) is 0 Å². The van der Waals surface area contributed by atoms with Crippen molar-refractivity contribution in [2.45, 2.75) is 34.2 Å². The minimum Gasteiger partial charge on any atom is -0.343 e. The number of carbonyl (C=O) groups is 1. The minimum atomic E-state index is 0.0515.